The number of nitrogens with zero attached hydrogens (tertiary/aromatic N) is 5. The van der Waals surface area contributed by atoms with Crippen molar-refractivity contribution in [2.45, 2.75) is 44.4 Å². The Bertz CT molecular complexity index is 1160. The summed E-state index contributed by atoms with van der Waals surface area (Å²) in [5.74, 6) is 8.35. The zero-order chi connectivity index (χ0) is 28.0. The van der Waals surface area contributed by atoms with Gasteiger partial charge >= 0.3 is 51.4 Å². The molecule has 2 heterocycles. The summed E-state index contributed by atoms with van der Waals surface area (Å²) in [5.41, 5.74) is 2.88. The van der Waals surface area contributed by atoms with E-state index in [4.69, 9.17) is 5.41 Å². The van der Waals surface area contributed by atoms with Crippen molar-refractivity contribution < 1.29 is 55.8 Å². The number of rotatable bonds is 7. The fourth-order valence-corrected chi connectivity index (χ4v) is 6.28. The number of likely N-dealkylation sites (tertiary alicyclic amines) is 1. The van der Waals surface area contributed by atoms with Crippen LogP contribution in [0.3, 0.4) is 0 Å². The van der Waals surface area contributed by atoms with E-state index in [1.165, 1.54) is 12.8 Å². The van der Waals surface area contributed by atoms with Crippen LogP contribution in [0.5, 0.6) is 0 Å². The van der Waals surface area contributed by atoms with E-state index in [1.807, 2.05) is 38.1 Å². The first-order valence-electron chi connectivity index (χ1n) is 14.2. The average molecular weight is 572 g/mol. The Labute approximate surface area is 282 Å². The van der Waals surface area contributed by atoms with Gasteiger partial charge in [-0.2, -0.15) is 5.26 Å². The fourth-order valence-electron chi connectivity index (χ4n) is 6.28. The van der Waals surface area contributed by atoms with Gasteiger partial charge in [0, 0.05) is 51.8 Å². The number of alkyl halides is 1. The van der Waals surface area contributed by atoms with Gasteiger partial charge in [0.25, 0.3) is 0 Å². The van der Waals surface area contributed by atoms with Gasteiger partial charge in [-0.05, 0) is 73.9 Å². The third kappa shape index (κ3) is 7.31. The van der Waals surface area contributed by atoms with Gasteiger partial charge in [0.15, 0.2) is 0 Å². The van der Waals surface area contributed by atoms with Crippen LogP contribution in [0.15, 0.2) is 30.1 Å². The molecule has 7 nitrogen and oxygen atoms in total. The molecule has 40 heavy (non-hydrogen) atoms. The van der Waals surface area contributed by atoms with Crippen molar-refractivity contribution in [1.29, 1.82) is 10.7 Å². The van der Waals surface area contributed by atoms with Crippen LogP contribution in [0.1, 0.15) is 50.2 Å². The van der Waals surface area contributed by atoms with Gasteiger partial charge in [0.1, 0.15) is 5.84 Å². The van der Waals surface area contributed by atoms with E-state index in [0.717, 1.165) is 87.7 Å². The molecule has 4 aliphatic rings. The van der Waals surface area contributed by atoms with Crippen LogP contribution in [0.25, 0.3) is 5.32 Å². The smallest absolute Gasteiger partial charge is 0.469 e. The maximum Gasteiger partial charge on any atom is 1.00 e. The second-order valence-electron chi connectivity index (χ2n) is 11.4. The molecule has 2 N–H and O–H groups in total. The van der Waals surface area contributed by atoms with Crippen LogP contribution in [0, 0.1) is 39.9 Å². The summed E-state index contributed by atoms with van der Waals surface area (Å²) in [7, 11) is 4.23. The van der Waals surface area contributed by atoms with E-state index >= 15 is 0 Å². The minimum Gasteiger partial charge on any atom is -0.469 e. The van der Waals surface area contributed by atoms with Crippen LogP contribution >= 0.6 is 0 Å². The van der Waals surface area contributed by atoms with Crippen LogP contribution in [-0.4, -0.2) is 82.7 Å². The van der Waals surface area contributed by atoms with Crippen molar-refractivity contribution in [2.75, 3.05) is 72.0 Å². The largest absolute Gasteiger partial charge is 1.00 e. The van der Waals surface area contributed by atoms with E-state index < -0.39 is 5.41 Å². The van der Waals surface area contributed by atoms with Crippen molar-refractivity contribution in [3.05, 3.63) is 46.5 Å². The first-order chi connectivity index (χ1) is 18.9. The van der Waals surface area contributed by atoms with Crippen molar-refractivity contribution in [1.82, 2.24) is 15.1 Å². The predicted octanol–water partition coefficient (Wildman–Crippen LogP) is 1.47. The Hall–Kier alpha value is -1.43. The first kappa shape index (κ1) is 33.1. The van der Waals surface area contributed by atoms with Crippen molar-refractivity contribution in [3.63, 3.8) is 0 Å². The number of anilines is 1. The van der Waals surface area contributed by atoms with E-state index in [9.17, 15) is 9.65 Å². The number of amidine groups is 1. The zero-order valence-electron chi connectivity index (χ0n) is 25.0. The Kier molecular flexibility index (Phi) is 12.1. The molecular weight excluding hydrogens is 528 g/mol. The molecule has 210 valence electrons. The normalized spacial score (nSPS) is 20.7. The quantitative estimate of drug-likeness (QED) is 0.224. The molecule has 4 fully saturated rings. The summed E-state index contributed by atoms with van der Waals surface area (Å²) in [5, 5.41) is 27.0. The molecular formula is C31H43FKN7. The molecule has 5 rings (SSSR count). The molecule has 2 aliphatic carbocycles. The van der Waals surface area contributed by atoms with Crippen LogP contribution in [0.2, 0.25) is 0 Å². The number of hydrogen-bond donors (Lipinski definition) is 2. The van der Waals surface area contributed by atoms with Gasteiger partial charge < -0.3 is 25.3 Å². The summed E-state index contributed by atoms with van der Waals surface area (Å²) in [6.07, 6.45) is 7.08. The standard InChI is InChI=1S/C30H40N7.CH3F.K/c1-4-5-6-24-7-8-25(30(22-31)20-29(21-30)9-10-29)15-26(24)35(3)27(32)16-28(33-2)37-18-23(19-37)17-36-13-11-34-12-14-36;1-2;/h7-8,15-16,23,32,34H,4,9-14,17-21H2,1-3H3;1H3;/q-1;;+1/b28-16+,32-27?;;. The minimum atomic E-state index is -0.401. The van der Waals surface area contributed by atoms with Crippen molar-refractivity contribution in [2.24, 2.45) is 11.3 Å². The minimum absolute atomic E-state index is 0. The molecule has 1 spiro atoms. The van der Waals surface area contributed by atoms with Crippen molar-refractivity contribution in [3.8, 4) is 17.9 Å². The molecule has 2 saturated carbocycles. The third-order valence-electron chi connectivity index (χ3n) is 8.70. The summed E-state index contributed by atoms with van der Waals surface area (Å²) in [6, 6.07) is 8.87. The summed E-state index contributed by atoms with van der Waals surface area (Å²) < 4.78 is 9.50. The van der Waals surface area contributed by atoms with Crippen molar-refractivity contribution >= 4 is 11.5 Å². The number of benzene rings is 1. The van der Waals surface area contributed by atoms with Gasteiger partial charge in [0.05, 0.1) is 24.3 Å². The second kappa shape index (κ2) is 14.6. The van der Waals surface area contributed by atoms with E-state index in [-0.39, 0.29) is 51.4 Å². The van der Waals surface area contributed by atoms with Crippen LogP contribution in [0.4, 0.5) is 10.1 Å². The first-order valence-corrected chi connectivity index (χ1v) is 14.2. The Morgan fingerprint density at radius 3 is 2.50 bits per heavy atom. The van der Waals surface area contributed by atoms with E-state index in [1.54, 1.807) is 0 Å². The predicted molar refractivity (Wildman–Crippen MR) is 157 cm³/mol. The second-order valence-corrected chi connectivity index (χ2v) is 11.4. The van der Waals surface area contributed by atoms with Gasteiger partial charge in [-0.1, -0.05) is 37.7 Å². The van der Waals surface area contributed by atoms with Gasteiger partial charge in [-0.25, -0.2) is 0 Å². The fraction of sp³-hybridized carbons (Fsp3) is 0.613. The summed E-state index contributed by atoms with van der Waals surface area (Å²) in [6.45, 7) is 9.57. The third-order valence-corrected chi connectivity index (χ3v) is 8.70. The maximum absolute atomic E-state index is 10.1. The summed E-state index contributed by atoms with van der Waals surface area (Å²) >= 11 is 0. The Morgan fingerprint density at radius 1 is 1.25 bits per heavy atom. The average Bonchev–Trinajstić information content (AvgIpc) is 3.73. The van der Waals surface area contributed by atoms with Gasteiger partial charge in [-0.15, -0.1) is 0 Å². The number of piperazine rings is 1. The molecule has 0 aromatic heterocycles. The number of nitriles is 1. The molecule has 0 atom stereocenters. The number of halogens is 1. The molecule has 2 aliphatic heterocycles. The van der Waals surface area contributed by atoms with E-state index in [0.29, 0.717) is 24.3 Å². The van der Waals surface area contributed by atoms with Gasteiger partial charge in [0.2, 0.25) is 0 Å². The van der Waals surface area contributed by atoms with Crippen LogP contribution < -0.4 is 61.6 Å². The van der Waals surface area contributed by atoms with Crippen LogP contribution in [-0.2, 0) is 5.41 Å². The molecule has 0 unspecified atom stereocenters. The molecule has 0 bridgehead atoms. The Balaban J connectivity index is 0.00000144. The summed E-state index contributed by atoms with van der Waals surface area (Å²) in [4.78, 5) is 6.72. The maximum atomic E-state index is 10.1. The molecule has 0 radical (unpaired) electrons. The molecule has 1 aromatic carbocycles. The monoisotopic (exact) mass is 571 g/mol. The molecule has 9 heteroatoms. The topological polar surface area (TPSA) is 83.5 Å². The number of nitrogens with one attached hydrogen (secondary N) is 2. The molecule has 2 saturated heterocycles. The number of likely N-dealkylation sites (N-methyl/N-ethyl adjacent to an activating group) is 1. The molecule has 1 aromatic rings. The SMILES string of the molecule is CCC#Cc1ccc(C2(C#N)CC3(CC3)C2)cc1N(C)C(=N)/C=C(\[N-]C)N1CC(CN2CCNCC2)C1.CF.[K+]. The zero-order valence-corrected chi connectivity index (χ0v) is 28.1. The number of hydrogen-bond acceptors (Lipinski definition) is 5. The van der Waals surface area contributed by atoms with Gasteiger partial charge in [-0.3, -0.25) is 9.80 Å². The Morgan fingerprint density at radius 2 is 1.93 bits per heavy atom. The van der Waals surface area contributed by atoms with E-state index in [2.05, 4.69) is 50.5 Å². The molecule has 0 amide bonds.